The molecule has 0 aliphatic carbocycles. The Kier molecular flexibility index (Phi) is 2.78. The Labute approximate surface area is 78.8 Å². The molecule has 5 heteroatoms. The van der Waals surface area contributed by atoms with Crippen molar-refractivity contribution in [1.82, 2.24) is 4.98 Å². The average molecular weight is 207 g/mol. The van der Waals surface area contributed by atoms with Crippen LogP contribution in [0.2, 0.25) is 0 Å². The second-order valence-corrected chi connectivity index (χ2v) is 3.24. The zero-order valence-corrected chi connectivity index (χ0v) is 7.69. The van der Waals surface area contributed by atoms with E-state index in [1.807, 2.05) is 0 Å². The van der Waals surface area contributed by atoms with Crippen LogP contribution in [0.1, 0.15) is 31.0 Å². The number of aromatic nitrogens is 1. The van der Waals surface area contributed by atoms with Crippen molar-refractivity contribution in [2.45, 2.75) is 25.9 Å². The Bertz CT molecular complexity index is 330. The molecule has 0 aliphatic rings. The van der Waals surface area contributed by atoms with Gasteiger partial charge in [-0.05, 0) is 12.0 Å². The van der Waals surface area contributed by atoms with Crippen LogP contribution in [0.25, 0.3) is 0 Å². The minimum Gasteiger partial charge on any atom is -0.257 e. The van der Waals surface area contributed by atoms with E-state index in [0.29, 0.717) is 12.3 Å². The Morgan fingerprint density at radius 3 is 2.21 bits per heavy atom. The highest BCUT2D eigenvalue weighted by molar-refractivity contribution is 5.20. The molecule has 1 heterocycles. The van der Waals surface area contributed by atoms with Crippen molar-refractivity contribution in [2.24, 2.45) is 0 Å². The lowest BCUT2D eigenvalue weighted by Gasteiger charge is -2.09. The fourth-order valence-corrected chi connectivity index (χ4v) is 1.03. The van der Waals surface area contributed by atoms with Gasteiger partial charge in [-0.1, -0.05) is 13.8 Å². The van der Waals surface area contributed by atoms with Crippen LogP contribution in [0.5, 0.6) is 0 Å². The molecule has 0 amide bonds. The van der Waals surface area contributed by atoms with Gasteiger partial charge in [-0.2, -0.15) is 13.2 Å². The van der Waals surface area contributed by atoms with E-state index in [0.717, 1.165) is 0 Å². The van der Waals surface area contributed by atoms with Gasteiger partial charge in [-0.15, -0.1) is 0 Å². The predicted octanol–water partition coefficient (Wildman–Crippen LogP) is 3.36. The lowest BCUT2D eigenvalue weighted by Crippen LogP contribution is -2.08. The largest absolute Gasteiger partial charge is 0.417 e. The van der Waals surface area contributed by atoms with Crippen LogP contribution in [-0.4, -0.2) is 4.98 Å². The first kappa shape index (κ1) is 10.9. The number of hydrogen-bond acceptors (Lipinski definition) is 1. The summed E-state index contributed by atoms with van der Waals surface area (Å²) in [5.74, 6) is -1.13. The van der Waals surface area contributed by atoms with E-state index in [-0.39, 0.29) is 11.6 Å². The lowest BCUT2D eigenvalue weighted by atomic mass is 10.1. The fourth-order valence-electron chi connectivity index (χ4n) is 1.03. The smallest absolute Gasteiger partial charge is 0.257 e. The van der Waals surface area contributed by atoms with Crippen molar-refractivity contribution in [3.63, 3.8) is 0 Å². The topological polar surface area (TPSA) is 12.9 Å². The van der Waals surface area contributed by atoms with Crippen molar-refractivity contribution in [2.75, 3.05) is 0 Å². The minimum absolute atomic E-state index is 0.0537. The zero-order chi connectivity index (χ0) is 10.9. The molecule has 0 fully saturated rings. The van der Waals surface area contributed by atoms with Crippen molar-refractivity contribution in [1.29, 1.82) is 0 Å². The minimum atomic E-state index is -4.54. The monoisotopic (exact) mass is 207 g/mol. The van der Waals surface area contributed by atoms with Crippen LogP contribution >= 0.6 is 0 Å². The maximum absolute atomic E-state index is 13.1. The summed E-state index contributed by atoms with van der Waals surface area (Å²) in [5, 5.41) is 0. The number of halogens is 4. The molecule has 0 aromatic carbocycles. The van der Waals surface area contributed by atoms with Crippen LogP contribution in [0.15, 0.2) is 12.3 Å². The molecule has 0 saturated heterocycles. The van der Waals surface area contributed by atoms with Crippen molar-refractivity contribution in [3.8, 4) is 0 Å². The van der Waals surface area contributed by atoms with E-state index in [1.165, 1.54) is 0 Å². The Morgan fingerprint density at radius 1 is 1.29 bits per heavy atom. The van der Waals surface area contributed by atoms with Gasteiger partial charge in [-0.25, -0.2) is 4.39 Å². The highest BCUT2D eigenvalue weighted by Crippen LogP contribution is 2.30. The van der Waals surface area contributed by atoms with Gasteiger partial charge in [0.15, 0.2) is 0 Å². The number of pyridine rings is 1. The first-order valence-corrected chi connectivity index (χ1v) is 4.05. The Hall–Kier alpha value is -1.13. The Balaban J connectivity index is 3.13. The molecule has 1 aromatic heterocycles. The average Bonchev–Trinajstić information content (AvgIpc) is 2.01. The fraction of sp³-hybridized carbons (Fsp3) is 0.444. The number of hydrogen-bond donors (Lipinski definition) is 0. The molecule has 0 bridgehead atoms. The number of alkyl halides is 3. The van der Waals surface area contributed by atoms with Crippen LogP contribution in [0.4, 0.5) is 17.6 Å². The standard InChI is InChI=1S/C9H9F4N/c1-5(2)8-7(10)3-6(4-14-8)9(11,12)13/h3-5H,1-2H3. The van der Waals surface area contributed by atoms with Crippen LogP contribution < -0.4 is 0 Å². The van der Waals surface area contributed by atoms with E-state index in [9.17, 15) is 17.6 Å². The molecule has 0 unspecified atom stereocenters. The van der Waals surface area contributed by atoms with Crippen molar-refractivity contribution >= 4 is 0 Å². The molecule has 0 radical (unpaired) electrons. The second-order valence-electron chi connectivity index (χ2n) is 3.24. The third-order valence-electron chi connectivity index (χ3n) is 1.74. The SMILES string of the molecule is CC(C)c1ncc(C(F)(F)F)cc1F. The van der Waals surface area contributed by atoms with Crippen molar-refractivity contribution < 1.29 is 17.6 Å². The van der Waals surface area contributed by atoms with E-state index in [2.05, 4.69) is 4.98 Å². The summed E-state index contributed by atoms with van der Waals surface area (Å²) in [4.78, 5) is 3.45. The summed E-state index contributed by atoms with van der Waals surface area (Å²) in [6.45, 7) is 3.33. The predicted molar refractivity (Wildman–Crippen MR) is 43.3 cm³/mol. The third kappa shape index (κ3) is 2.21. The summed E-state index contributed by atoms with van der Waals surface area (Å²) in [6.07, 6.45) is -3.89. The Morgan fingerprint density at radius 2 is 1.86 bits per heavy atom. The molecule has 78 valence electrons. The summed E-state index contributed by atoms with van der Waals surface area (Å²) < 4.78 is 49.4. The quantitative estimate of drug-likeness (QED) is 0.643. The molecule has 1 aromatic rings. The first-order valence-electron chi connectivity index (χ1n) is 4.05. The van der Waals surface area contributed by atoms with Gasteiger partial charge >= 0.3 is 6.18 Å². The van der Waals surface area contributed by atoms with E-state index < -0.39 is 17.6 Å². The summed E-state index contributed by atoms with van der Waals surface area (Å²) >= 11 is 0. The van der Waals surface area contributed by atoms with Gasteiger partial charge in [-0.3, -0.25) is 4.98 Å². The maximum atomic E-state index is 13.1. The molecule has 1 nitrogen and oxygen atoms in total. The lowest BCUT2D eigenvalue weighted by molar-refractivity contribution is -0.138. The van der Waals surface area contributed by atoms with Gasteiger partial charge in [0.05, 0.1) is 11.3 Å². The zero-order valence-electron chi connectivity index (χ0n) is 7.69. The second kappa shape index (κ2) is 3.55. The highest BCUT2D eigenvalue weighted by Gasteiger charge is 2.31. The number of rotatable bonds is 1. The van der Waals surface area contributed by atoms with Gasteiger partial charge in [0, 0.05) is 6.20 Å². The molecule has 0 atom stereocenters. The van der Waals surface area contributed by atoms with E-state index in [1.54, 1.807) is 13.8 Å². The van der Waals surface area contributed by atoms with Crippen LogP contribution in [0.3, 0.4) is 0 Å². The van der Waals surface area contributed by atoms with Crippen LogP contribution in [-0.2, 0) is 6.18 Å². The van der Waals surface area contributed by atoms with E-state index in [4.69, 9.17) is 0 Å². The summed E-state index contributed by atoms with van der Waals surface area (Å²) in [7, 11) is 0. The van der Waals surface area contributed by atoms with E-state index >= 15 is 0 Å². The van der Waals surface area contributed by atoms with Gasteiger partial charge in [0.2, 0.25) is 0 Å². The first-order chi connectivity index (χ1) is 6.32. The maximum Gasteiger partial charge on any atom is 0.417 e. The molecule has 0 N–H and O–H groups in total. The normalized spacial score (nSPS) is 12.2. The molecule has 1 rings (SSSR count). The van der Waals surface area contributed by atoms with Gasteiger partial charge < -0.3 is 0 Å². The summed E-state index contributed by atoms with van der Waals surface area (Å²) in [6, 6.07) is 0.475. The molecule has 14 heavy (non-hydrogen) atoms. The van der Waals surface area contributed by atoms with Crippen molar-refractivity contribution in [3.05, 3.63) is 29.3 Å². The molecule has 0 spiro atoms. The summed E-state index contributed by atoms with van der Waals surface area (Å²) in [5.41, 5.74) is -1.00. The molecular formula is C9H9F4N. The molecule has 0 saturated carbocycles. The molecular weight excluding hydrogens is 198 g/mol. The molecule has 0 aliphatic heterocycles. The van der Waals surface area contributed by atoms with Gasteiger partial charge in [0.1, 0.15) is 5.82 Å². The third-order valence-corrected chi connectivity index (χ3v) is 1.74. The van der Waals surface area contributed by atoms with Gasteiger partial charge in [0.25, 0.3) is 0 Å². The van der Waals surface area contributed by atoms with Crippen LogP contribution in [0, 0.1) is 5.82 Å². The number of nitrogens with zero attached hydrogens (tertiary/aromatic N) is 1. The highest BCUT2D eigenvalue weighted by atomic mass is 19.4.